The number of amides is 1. The molecule has 0 bridgehead atoms. The Morgan fingerprint density at radius 2 is 1.81 bits per heavy atom. The summed E-state index contributed by atoms with van der Waals surface area (Å²) in [6.07, 6.45) is -8.76. The van der Waals surface area contributed by atoms with Crippen LogP contribution in [0.3, 0.4) is 0 Å². The van der Waals surface area contributed by atoms with E-state index in [-0.39, 0.29) is 0 Å². The van der Waals surface area contributed by atoms with Gasteiger partial charge >= 0.3 is 6.18 Å². The average Bonchev–Trinajstić information content (AvgIpc) is 1.98. The molecule has 0 aromatic rings. The fraction of sp³-hybridized carbons (Fsp3) is 0.889. The Morgan fingerprint density at radius 1 is 1.38 bits per heavy atom. The molecule has 7 heteroatoms. The summed E-state index contributed by atoms with van der Waals surface area (Å²) in [6, 6.07) is -2.31. The molecule has 96 valence electrons. The van der Waals surface area contributed by atoms with Crippen molar-refractivity contribution in [2.24, 2.45) is 5.41 Å². The summed E-state index contributed by atoms with van der Waals surface area (Å²) in [4.78, 5) is 10.1. The number of hydrogen-bond acceptors (Lipinski definition) is 3. The van der Waals surface area contributed by atoms with Gasteiger partial charge < -0.3 is 20.3 Å². The predicted octanol–water partition coefficient (Wildman–Crippen LogP) is 0.647. The molecule has 0 aliphatic heterocycles. The summed E-state index contributed by atoms with van der Waals surface area (Å²) >= 11 is 0. The van der Waals surface area contributed by atoms with Gasteiger partial charge in [-0.1, -0.05) is 20.8 Å². The Morgan fingerprint density at radius 3 is 2.06 bits per heavy atom. The van der Waals surface area contributed by atoms with Crippen molar-refractivity contribution >= 4 is 6.09 Å². The van der Waals surface area contributed by atoms with Crippen LogP contribution < -0.4 is 10.4 Å². The number of carbonyl (C=O) groups is 1. The van der Waals surface area contributed by atoms with E-state index in [1.54, 1.807) is 20.8 Å². The number of halogens is 3. The molecule has 1 amide bonds. The van der Waals surface area contributed by atoms with Crippen LogP contribution >= 0.6 is 0 Å². The SMILES string of the molecule is CC(C)(C)C(O)CC(NC(=O)[O-])C(F)(F)F. The molecule has 0 radical (unpaired) electrons. The summed E-state index contributed by atoms with van der Waals surface area (Å²) in [5.41, 5.74) is -0.753. The van der Waals surface area contributed by atoms with Crippen LogP contribution in [-0.4, -0.2) is 29.5 Å². The van der Waals surface area contributed by atoms with Gasteiger partial charge in [-0.25, -0.2) is 0 Å². The number of aliphatic hydroxyl groups excluding tert-OH is 1. The third kappa shape index (κ3) is 5.20. The normalized spacial score (nSPS) is 16.7. The molecule has 0 aliphatic rings. The zero-order valence-electron chi connectivity index (χ0n) is 9.26. The molecule has 0 aromatic heterocycles. The highest BCUT2D eigenvalue weighted by Gasteiger charge is 2.42. The van der Waals surface area contributed by atoms with Crippen LogP contribution in [0.4, 0.5) is 18.0 Å². The monoisotopic (exact) mass is 242 g/mol. The molecular weight excluding hydrogens is 227 g/mol. The number of aliphatic hydroxyl groups is 1. The maximum atomic E-state index is 12.4. The van der Waals surface area contributed by atoms with Gasteiger partial charge in [0.25, 0.3) is 0 Å². The smallest absolute Gasteiger partial charge is 0.408 e. The lowest BCUT2D eigenvalue weighted by atomic mass is 9.85. The van der Waals surface area contributed by atoms with E-state index in [0.717, 1.165) is 0 Å². The van der Waals surface area contributed by atoms with Crippen molar-refractivity contribution in [1.82, 2.24) is 5.32 Å². The Hall–Kier alpha value is -0.980. The lowest BCUT2D eigenvalue weighted by Gasteiger charge is -2.31. The number of carbonyl (C=O) groups excluding carboxylic acids is 1. The largest absolute Gasteiger partial charge is 0.530 e. The van der Waals surface area contributed by atoms with E-state index in [0.29, 0.717) is 0 Å². The van der Waals surface area contributed by atoms with Crippen molar-refractivity contribution in [1.29, 1.82) is 0 Å². The van der Waals surface area contributed by atoms with Gasteiger partial charge in [-0.3, -0.25) is 0 Å². The second kappa shape index (κ2) is 4.90. The van der Waals surface area contributed by atoms with Gasteiger partial charge in [0.1, 0.15) is 12.1 Å². The molecule has 0 aliphatic carbocycles. The minimum Gasteiger partial charge on any atom is -0.530 e. The summed E-state index contributed by atoms with van der Waals surface area (Å²) in [5, 5.41) is 20.8. The topological polar surface area (TPSA) is 72.4 Å². The molecular formula is C9H15F3NO3-. The van der Waals surface area contributed by atoms with E-state index < -0.39 is 36.3 Å². The van der Waals surface area contributed by atoms with Gasteiger partial charge in [0, 0.05) is 6.42 Å². The quantitative estimate of drug-likeness (QED) is 0.763. The number of hydrogen-bond donors (Lipinski definition) is 2. The molecule has 2 unspecified atom stereocenters. The first-order valence-corrected chi connectivity index (χ1v) is 4.67. The van der Waals surface area contributed by atoms with Crippen molar-refractivity contribution in [2.75, 3.05) is 0 Å². The lowest BCUT2D eigenvalue weighted by Crippen LogP contribution is -2.52. The highest BCUT2D eigenvalue weighted by Crippen LogP contribution is 2.29. The van der Waals surface area contributed by atoms with E-state index in [9.17, 15) is 28.2 Å². The van der Waals surface area contributed by atoms with Crippen molar-refractivity contribution in [2.45, 2.75) is 45.5 Å². The van der Waals surface area contributed by atoms with Crippen molar-refractivity contribution in [3.05, 3.63) is 0 Å². The highest BCUT2D eigenvalue weighted by molar-refractivity contribution is 5.62. The van der Waals surface area contributed by atoms with Gasteiger partial charge in [0.15, 0.2) is 0 Å². The second-order valence-corrected chi connectivity index (χ2v) is 4.64. The molecule has 0 heterocycles. The van der Waals surface area contributed by atoms with Crippen LogP contribution in [0.25, 0.3) is 0 Å². The maximum Gasteiger partial charge on any atom is 0.408 e. The zero-order valence-corrected chi connectivity index (χ0v) is 9.26. The fourth-order valence-corrected chi connectivity index (χ4v) is 0.993. The molecule has 0 saturated carbocycles. The Balaban J connectivity index is 4.62. The van der Waals surface area contributed by atoms with Crippen molar-refractivity contribution in [3.63, 3.8) is 0 Å². The first-order valence-electron chi connectivity index (χ1n) is 4.67. The molecule has 0 saturated heterocycles. The van der Waals surface area contributed by atoms with Crippen LogP contribution in [-0.2, 0) is 0 Å². The molecule has 2 atom stereocenters. The third-order valence-electron chi connectivity index (χ3n) is 2.15. The zero-order chi connectivity index (χ0) is 13.1. The van der Waals surface area contributed by atoms with Crippen LogP contribution in [0.1, 0.15) is 27.2 Å². The van der Waals surface area contributed by atoms with Crippen LogP contribution in [0, 0.1) is 5.41 Å². The molecule has 0 aromatic carbocycles. The molecule has 2 N–H and O–H groups in total. The summed E-state index contributed by atoms with van der Waals surface area (Å²) < 4.78 is 37.1. The number of nitrogens with one attached hydrogen (secondary N) is 1. The van der Waals surface area contributed by atoms with Crippen LogP contribution in [0.15, 0.2) is 0 Å². The van der Waals surface area contributed by atoms with E-state index in [1.165, 1.54) is 5.32 Å². The maximum absolute atomic E-state index is 12.4. The van der Waals surface area contributed by atoms with Gasteiger partial charge in [0.2, 0.25) is 0 Å². The van der Waals surface area contributed by atoms with E-state index >= 15 is 0 Å². The van der Waals surface area contributed by atoms with Gasteiger partial charge in [-0.15, -0.1) is 0 Å². The van der Waals surface area contributed by atoms with E-state index in [2.05, 4.69) is 0 Å². The summed E-state index contributed by atoms with van der Waals surface area (Å²) in [6.45, 7) is 4.68. The number of rotatable bonds is 3. The molecule has 0 rings (SSSR count). The van der Waals surface area contributed by atoms with Gasteiger partial charge in [-0.2, -0.15) is 13.2 Å². The minimum absolute atomic E-state index is 0.735. The van der Waals surface area contributed by atoms with E-state index in [4.69, 9.17) is 0 Å². The predicted molar refractivity (Wildman–Crippen MR) is 48.5 cm³/mol. The summed E-state index contributed by atoms with van der Waals surface area (Å²) in [5.74, 6) is 0. The molecule has 4 nitrogen and oxygen atoms in total. The lowest BCUT2D eigenvalue weighted by molar-refractivity contribution is -0.257. The van der Waals surface area contributed by atoms with Gasteiger partial charge in [0.05, 0.1) is 6.10 Å². The first kappa shape index (κ1) is 15.0. The number of carboxylic acid groups (broad SMARTS) is 1. The second-order valence-electron chi connectivity index (χ2n) is 4.64. The van der Waals surface area contributed by atoms with Gasteiger partial charge in [-0.05, 0) is 5.41 Å². The van der Waals surface area contributed by atoms with Crippen molar-refractivity contribution < 1.29 is 28.2 Å². The van der Waals surface area contributed by atoms with E-state index in [1.807, 2.05) is 0 Å². The minimum atomic E-state index is -4.74. The first-order chi connectivity index (χ1) is 6.94. The fourth-order valence-electron chi connectivity index (χ4n) is 0.993. The standard InChI is InChI=1S/C9H16F3NO3/c1-8(2,3)6(14)4-5(9(10,11)12)13-7(15)16/h5-6,13-14H,4H2,1-3H3,(H,15,16)/p-1. The van der Waals surface area contributed by atoms with Crippen molar-refractivity contribution in [3.8, 4) is 0 Å². The molecule has 16 heavy (non-hydrogen) atoms. The number of alkyl halides is 3. The third-order valence-corrected chi connectivity index (χ3v) is 2.15. The van der Waals surface area contributed by atoms with Crippen LogP contribution in [0.5, 0.6) is 0 Å². The average molecular weight is 242 g/mol. The molecule has 0 fully saturated rings. The Bertz CT molecular complexity index is 247. The summed E-state index contributed by atoms with van der Waals surface area (Å²) in [7, 11) is 0. The molecule has 0 spiro atoms. The van der Waals surface area contributed by atoms with Crippen LogP contribution in [0.2, 0.25) is 0 Å². The Labute approximate surface area is 91.5 Å². The Kier molecular flexibility index (Phi) is 4.60. The highest BCUT2D eigenvalue weighted by atomic mass is 19.4.